The lowest BCUT2D eigenvalue weighted by Crippen LogP contribution is -2.47. The Morgan fingerprint density at radius 3 is 2.73 bits per heavy atom. The van der Waals surface area contributed by atoms with Gasteiger partial charge in [-0.05, 0) is 53.3 Å². The molecular weight excluding hydrogens is 513 g/mol. The van der Waals surface area contributed by atoms with Crippen LogP contribution < -0.4 is 0 Å². The monoisotopic (exact) mass is 539 g/mol. The number of methoxy groups -OCH3 is 1. The van der Waals surface area contributed by atoms with Gasteiger partial charge in [-0.2, -0.15) is 4.31 Å². The Kier molecular flexibility index (Phi) is 7.34. The summed E-state index contributed by atoms with van der Waals surface area (Å²) in [4.78, 5) is 21.0. The number of fused-ring (bicyclic) bond motifs is 2. The molecule has 0 saturated heterocycles. The van der Waals surface area contributed by atoms with Crippen LogP contribution in [-0.4, -0.2) is 61.9 Å². The van der Waals surface area contributed by atoms with Gasteiger partial charge in [0, 0.05) is 36.7 Å². The van der Waals surface area contributed by atoms with Crippen molar-refractivity contribution in [2.24, 2.45) is 0 Å². The first-order valence-electron chi connectivity index (χ1n) is 11.8. The molecule has 5 rings (SSSR count). The molecule has 4 aromatic rings. The first-order chi connectivity index (χ1) is 17.9. The summed E-state index contributed by atoms with van der Waals surface area (Å²) in [5, 5.41) is 2.68. The molecule has 0 bridgehead atoms. The van der Waals surface area contributed by atoms with Gasteiger partial charge in [0.25, 0.3) is 0 Å². The van der Waals surface area contributed by atoms with Gasteiger partial charge in [-0.25, -0.2) is 12.8 Å². The zero-order valence-electron chi connectivity index (χ0n) is 20.2. The predicted octanol–water partition coefficient (Wildman–Crippen LogP) is 4.25. The summed E-state index contributed by atoms with van der Waals surface area (Å²) in [6.45, 7) is 0.210. The third-order valence-electron chi connectivity index (χ3n) is 6.54. The third kappa shape index (κ3) is 5.02. The molecule has 1 amide bonds. The summed E-state index contributed by atoms with van der Waals surface area (Å²) in [7, 11) is -2.59. The van der Waals surface area contributed by atoms with Crippen molar-refractivity contribution in [3.8, 4) is 0 Å². The number of aromatic nitrogens is 1. The predicted molar refractivity (Wildman–Crippen MR) is 140 cm³/mol. The number of pyridine rings is 1. The van der Waals surface area contributed by atoms with Crippen LogP contribution in [0.2, 0.25) is 0 Å². The molecule has 0 radical (unpaired) electrons. The first kappa shape index (κ1) is 25.5. The van der Waals surface area contributed by atoms with E-state index in [1.54, 1.807) is 58.8 Å². The van der Waals surface area contributed by atoms with Gasteiger partial charge in [0.05, 0.1) is 24.7 Å². The topological polar surface area (TPSA) is 79.8 Å². The van der Waals surface area contributed by atoms with Crippen molar-refractivity contribution in [2.75, 3.05) is 33.4 Å². The molecular formula is C27H26FN3O4S2. The summed E-state index contributed by atoms with van der Waals surface area (Å²) < 4.78 is 47.7. The van der Waals surface area contributed by atoms with Gasteiger partial charge in [-0.1, -0.05) is 30.3 Å². The maximum absolute atomic E-state index is 13.8. The second-order valence-corrected chi connectivity index (χ2v) is 11.7. The summed E-state index contributed by atoms with van der Waals surface area (Å²) in [5.74, 6) is -0.692. The van der Waals surface area contributed by atoms with Crippen LogP contribution in [0.25, 0.3) is 10.9 Å². The Hall–Kier alpha value is -3.18. The second-order valence-electron chi connectivity index (χ2n) is 8.75. The first-order valence-corrected chi connectivity index (χ1v) is 14.2. The van der Waals surface area contributed by atoms with Crippen molar-refractivity contribution in [1.29, 1.82) is 0 Å². The van der Waals surface area contributed by atoms with E-state index in [1.807, 2.05) is 11.4 Å². The van der Waals surface area contributed by atoms with Crippen molar-refractivity contribution in [3.05, 3.63) is 94.1 Å². The summed E-state index contributed by atoms with van der Waals surface area (Å²) >= 11 is 1.63. The summed E-state index contributed by atoms with van der Waals surface area (Å²) in [5.41, 5.74) is 2.12. The van der Waals surface area contributed by atoms with Gasteiger partial charge in [-0.15, -0.1) is 11.3 Å². The number of amides is 1. The van der Waals surface area contributed by atoms with Gasteiger partial charge in [0.1, 0.15) is 10.7 Å². The Morgan fingerprint density at radius 1 is 1.16 bits per heavy atom. The number of carbonyl (C=O) groups excluding carboxylic acids is 1. The normalized spacial score (nSPS) is 15.8. The van der Waals surface area contributed by atoms with Crippen LogP contribution in [0, 0.1) is 5.82 Å². The second kappa shape index (κ2) is 10.7. The van der Waals surface area contributed by atoms with Crippen LogP contribution in [0.1, 0.15) is 22.0 Å². The van der Waals surface area contributed by atoms with Crippen molar-refractivity contribution in [1.82, 2.24) is 14.2 Å². The Morgan fingerprint density at radius 2 is 1.95 bits per heavy atom. The molecule has 0 N–H and O–H groups in total. The molecule has 37 heavy (non-hydrogen) atoms. The molecule has 10 heteroatoms. The van der Waals surface area contributed by atoms with Crippen LogP contribution in [0.4, 0.5) is 4.39 Å². The van der Waals surface area contributed by atoms with Gasteiger partial charge in [-0.3, -0.25) is 9.78 Å². The number of halogens is 1. The molecule has 2 aromatic heterocycles. The summed E-state index contributed by atoms with van der Waals surface area (Å²) in [6.07, 6.45) is 2.22. The molecule has 0 aliphatic carbocycles. The fourth-order valence-corrected chi connectivity index (χ4v) is 7.17. The fourth-order valence-electron chi connectivity index (χ4n) is 4.73. The maximum atomic E-state index is 13.8. The van der Waals surface area contributed by atoms with E-state index in [0.717, 1.165) is 15.4 Å². The minimum atomic E-state index is -4.08. The number of rotatable bonds is 8. The number of sulfonamides is 1. The highest BCUT2D eigenvalue weighted by Gasteiger charge is 2.36. The van der Waals surface area contributed by atoms with E-state index in [1.165, 1.54) is 30.2 Å². The van der Waals surface area contributed by atoms with E-state index < -0.39 is 16.1 Å². The molecule has 1 unspecified atom stereocenters. The Labute approximate surface area is 219 Å². The average molecular weight is 540 g/mol. The molecule has 1 aliphatic heterocycles. The quantitative estimate of drug-likeness (QED) is 0.335. The van der Waals surface area contributed by atoms with Gasteiger partial charge in [0.15, 0.2) is 0 Å². The molecule has 1 aliphatic rings. The minimum absolute atomic E-state index is 0.00650. The van der Waals surface area contributed by atoms with Gasteiger partial charge < -0.3 is 9.64 Å². The number of thiophene rings is 1. The molecule has 1 atom stereocenters. The van der Waals surface area contributed by atoms with Gasteiger partial charge >= 0.3 is 0 Å². The highest BCUT2D eigenvalue weighted by molar-refractivity contribution is 7.89. The number of para-hydroxylation sites is 1. The number of benzene rings is 2. The van der Waals surface area contributed by atoms with E-state index in [9.17, 15) is 17.6 Å². The molecule has 0 saturated carbocycles. The lowest BCUT2D eigenvalue weighted by molar-refractivity contribution is -0.133. The zero-order chi connectivity index (χ0) is 26.0. The van der Waals surface area contributed by atoms with Crippen molar-refractivity contribution >= 4 is 38.2 Å². The molecule has 0 fully saturated rings. The average Bonchev–Trinajstić information content (AvgIpc) is 3.39. The molecule has 0 spiro atoms. The van der Waals surface area contributed by atoms with Crippen LogP contribution in [-0.2, 0) is 26.0 Å². The number of nitrogens with zero attached hydrogens (tertiary/aromatic N) is 3. The maximum Gasteiger partial charge on any atom is 0.245 e. The standard InChI is InChI=1S/C27H26FN3O4S2/c1-35-16-15-30(37(33,34)24-6-2-4-19-5-3-13-29-26(19)24)18-25(32)31-14-11-23-22(12-17-36-23)27(31)20-7-9-21(28)10-8-20/h2-10,12-13,17,27H,11,14-16,18H2,1H3. The molecule has 192 valence electrons. The van der Waals surface area contributed by atoms with E-state index in [0.29, 0.717) is 23.9 Å². The highest BCUT2D eigenvalue weighted by atomic mass is 32.2. The largest absolute Gasteiger partial charge is 0.383 e. The molecule has 7 nitrogen and oxygen atoms in total. The van der Waals surface area contributed by atoms with E-state index in [2.05, 4.69) is 4.98 Å². The SMILES string of the molecule is COCCN(CC(=O)N1CCc2sccc2C1c1ccc(F)cc1)S(=O)(=O)c1cccc2cccnc12. The van der Waals surface area contributed by atoms with Crippen LogP contribution in [0.3, 0.4) is 0 Å². The minimum Gasteiger partial charge on any atom is -0.383 e. The number of ether oxygens (including phenoxy) is 1. The Balaban J connectivity index is 1.49. The lowest BCUT2D eigenvalue weighted by Gasteiger charge is -2.37. The Bertz CT molecular complexity index is 1520. The summed E-state index contributed by atoms with van der Waals surface area (Å²) in [6, 6.07) is 16.2. The fraction of sp³-hybridized carbons (Fsp3) is 0.259. The van der Waals surface area contributed by atoms with E-state index in [-0.39, 0.29) is 36.3 Å². The number of carbonyl (C=O) groups is 1. The van der Waals surface area contributed by atoms with Gasteiger partial charge in [0.2, 0.25) is 15.9 Å². The molecule has 3 heterocycles. The smallest absolute Gasteiger partial charge is 0.245 e. The highest BCUT2D eigenvalue weighted by Crippen LogP contribution is 2.38. The number of hydrogen-bond acceptors (Lipinski definition) is 6. The van der Waals surface area contributed by atoms with E-state index in [4.69, 9.17) is 4.74 Å². The zero-order valence-corrected chi connectivity index (χ0v) is 21.8. The number of hydrogen-bond donors (Lipinski definition) is 0. The lowest BCUT2D eigenvalue weighted by atomic mass is 9.93. The van der Waals surface area contributed by atoms with Crippen LogP contribution in [0.15, 0.2) is 77.1 Å². The van der Waals surface area contributed by atoms with Crippen molar-refractivity contribution in [2.45, 2.75) is 17.4 Å². The van der Waals surface area contributed by atoms with Crippen LogP contribution in [0.5, 0.6) is 0 Å². The molecule has 2 aromatic carbocycles. The van der Waals surface area contributed by atoms with Crippen molar-refractivity contribution in [3.63, 3.8) is 0 Å². The van der Waals surface area contributed by atoms with E-state index >= 15 is 0 Å². The van der Waals surface area contributed by atoms with Crippen molar-refractivity contribution < 1.29 is 22.3 Å². The van der Waals surface area contributed by atoms with Crippen LogP contribution >= 0.6 is 11.3 Å². The third-order valence-corrected chi connectivity index (χ3v) is 9.42.